The fourth-order valence-corrected chi connectivity index (χ4v) is 2.43. The Labute approximate surface area is 95.6 Å². The third-order valence-corrected chi connectivity index (χ3v) is 3.59. The van der Waals surface area contributed by atoms with Crippen molar-refractivity contribution in [3.05, 3.63) is 0 Å². The van der Waals surface area contributed by atoms with Crippen molar-refractivity contribution in [3.63, 3.8) is 0 Å². The largest absolute Gasteiger partial charge is 0.317 e. The normalized spacial score (nSPS) is 19.6. The lowest BCUT2D eigenvalue weighted by Gasteiger charge is -2.31. The standard InChI is InChI=1S/C10H21IN2/c1-13(9-3-2-6-11)10-4-7-12-8-5-10/h10,12H,2-9H2,1H3. The van der Waals surface area contributed by atoms with E-state index in [0.717, 1.165) is 6.04 Å². The van der Waals surface area contributed by atoms with Crippen LogP contribution in [0.2, 0.25) is 0 Å². The smallest absolute Gasteiger partial charge is 0.0116 e. The molecule has 78 valence electrons. The van der Waals surface area contributed by atoms with Crippen LogP contribution >= 0.6 is 22.6 Å². The molecule has 0 aromatic rings. The number of rotatable bonds is 5. The first-order chi connectivity index (χ1) is 6.34. The van der Waals surface area contributed by atoms with Gasteiger partial charge in [0.1, 0.15) is 0 Å². The van der Waals surface area contributed by atoms with Crippen LogP contribution in [0, 0.1) is 0 Å². The van der Waals surface area contributed by atoms with E-state index in [0.29, 0.717) is 0 Å². The number of alkyl halides is 1. The Hall–Kier alpha value is 0.650. The number of nitrogens with one attached hydrogen (secondary N) is 1. The highest BCUT2D eigenvalue weighted by Gasteiger charge is 2.16. The van der Waals surface area contributed by atoms with Crippen LogP contribution < -0.4 is 5.32 Å². The van der Waals surface area contributed by atoms with Gasteiger partial charge in [0.25, 0.3) is 0 Å². The van der Waals surface area contributed by atoms with Crippen LogP contribution in [0.1, 0.15) is 25.7 Å². The van der Waals surface area contributed by atoms with Crippen molar-refractivity contribution in [3.8, 4) is 0 Å². The molecule has 0 atom stereocenters. The molecule has 0 aliphatic carbocycles. The molecule has 0 amide bonds. The molecule has 0 spiro atoms. The van der Waals surface area contributed by atoms with Gasteiger partial charge in [0, 0.05) is 6.04 Å². The van der Waals surface area contributed by atoms with Crippen LogP contribution in [0.4, 0.5) is 0 Å². The fourth-order valence-electron chi connectivity index (χ4n) is 1.89. The molecule has 0 bridgehead atoms. The molecule has 1 heterocycles. The molecule has 0 saturated carbocycles. The van der Waals surface area contributed by atoms with Crippen molar-refractivity contribution >= 4 is 22.6 Å². The minimum Gasteiger partial charge on any atom is -0.317 e. The maximum Gasteiger partial charge on any atom is 0.0116 e. The van der Waals surface area contributed by atoms with Crippen LogP contribution in [0.15, 0.2) is 0 Å². The van der Waals surface area contributed by atoms with Gasteiger partial charge in [-0.25, -0.2) is 0 Å². The molecule has 3 heteroatoms. The molecule has 0 radical (unpaired) electrons. The van der Waals surface area contributed by atoms with Crippen molar-refractivity contribution in [2.24, 2.45) is 0 Å². The molecule has 13 heavy (non-hydrogen) atoms. The predicted octanol–water partition coefficient (Wildman–Crippen LogP) is 1.89. The highest BCUT2D eigenvalue weighted by Crippen LogP contribution is 2.10. The van der Waals surface area contributed by atoms with Crippen LogP contribution in [-0.4, -0.2) is 42.1 Å². The van der Waals surface area contributed by atoms with Crippen molar-refractivity contribution in [2.75, 3.05) is 31.1 Å². The quantitative estimate of drug-likeness (QED) is 0.473. The van der Waals surface area contributed by atoms with Crippen molar-refractivity contribution in [1.29, 1.82) is 0 Å². The van der Waals surface area contributed by atoms with Crippen LogP contribution in [0.5, 0.6) is 0 Å². The zero-order valence-corrected chi connectivity index (χ0v) is 10.7. The van der Waals surface area contributed by atoms with E-state index in [1.54, 1.807) is 0 Å². The molecule has 1 aliphatic heterocycles. The zero-order chi connectivity index (χ0) is 9.52. The summed E-state index contributed by atoms with van der Waals surface area (Å²) in [5, 5.41) is 3.41. The second-order valence-corrected chi connectivity index (χ2v) is 4.94. The summed E-state index contributed by atoms with van der Waals surface area (Å²) in [7, 11) is 2.28. The second-order valence-electron chi connectivity index (χ2n) is 3.86. The first-order valence-corrected chi connectivity index (χ1v) is 6.84. The molecule has 1 fully saturated rings. The van der Waals surface area contributed by atoms with Crippen molar-refractivity contribution < 1.29 is 0 Å². The van der Waals surface area contributed by atoms with E-state index in [4.69, 9.17) is 0 Å². The van der Waals surface area contributed by atoms with Gasteiger partial charge in [-0.05, 0) is 56.8 Å². The van der Waals surface area contributed by atoms with Crippen LogP contribution in [-0.2, 0) is 0 Å². The zero-order valence-electron chi connectivity index (χ0n) is 8.56. The minimum absolute atomic E-state index is 0.843. The van der Waals surface area contributed by atoms with Gasteiger partial charge in [0.15, 0.2) is 0 Å². The second kappa shape index (κ2) is 7.01. The first-order valence-electron chi connectivity index (χ1n) is 5.31. The summed E-state index contributed by atoms with van der Waals surface area (Å²) < 4.78 is 1.30. The minimum atomic E-state index is 0.843. The van der Waals surface area contributed by atoms with Gasteiger partial charge in [-0.3, -0.25) is 0 Å². The summed E-state index contributed by atoms with van der Waals surface area (Å²) in [6, 6.07) is 0.843. The molecule has 1 N–H and O–H groups in total. The van der Waals surface area contributed by atoms with Crippen molar-refractivity contribution in [2.45, 2.75) is 31.7 Å². The predicted molar refractivity (Wildman–Crippen MR) is 66.6 cm³/mol. The summed E-state index contributed by atoms with van der Waals surface area (Å²) in [5.74, 6) is 0. The third kappa shape index (κ3) is 4.61. The summed E-state index contributed by atoms with van der Waals surface area (Å²) in [6.45, 7) is 3.70. The lowest BCUT2D eigenvalue weighted by atomic mass is 10.1. The Morgan fingerprint density at radius 2 is 2.00 bits per heavy atom. The molecule has 0 aromatic carbocycles. The van der Waals surface area contributed by atoms with E-state index in [2.05, 4.69) is 39.9 Å². The van der Waals surface area contributed by atoms with E-state index in [9.17, 15) is 0 Å². The summed E-state index contributed by atoms with van der Waals surface area (Å²) >= 11 is 2.46. The van der Waals surface area contributed by atoms with Gasteiger partial charge in [-0.2, -0.15) is 0 Å². The molecule has 0 unspecified atom stereocenters. The van der Waals surface area contributed by atoms with Gasteiger partial charge in [0.05, 0.1) is 0 Å². The van der Waals surface area contributed by atoms with E-state index < -0.39 is 0 Å². The Balaban J connectivity index is 2.09. The monoisotopic (exact) mass is 296 g/mol. The maximum absolute atomic E-state index is 3.41. The number of unbranched alkanes of at least 4 members (excludes halogenated alkanes) is 1. The highest BCUT2D eigenvalue weighted by molar-refractivity contribution is 14.1. The van der Waals surface area contributed by atoms with Crippen molar-refractivity contribution in [1.82, 2.24) is 10.2 Å². The van der Waals surface area contributed by atoms with E-state index in [1.165, 1.54) is 49.7 Å². The molecule has 2 nitrogen and oxygen atoms in total. The SMILES string of the molecule is CN(CCCCI)C1CCNCC1. The average Bonchev–Trinajstić information content (AvgIpc) is 2.19. The summed E-state index contributed by atoms with van der Waals surface area (Å²) in [6.07, 6.45) is 5.40. The molecule has 1 saturated heterocycles. The van der Waals surface area contributed by atoms with Gasteiger partial charge < -0.3 is 10.2 Å². The molecular weight excluding hydrogens is 275 g/mol. The first kappa shape index (κ1) is 11.7. The number of hydrogen-bond acceptors (Lipinski definition) is 2. The van der Waals surface area contributed by atoms with Gasteiger partial charge in [-0.15, -0.1) is 0 Å². The lowest BCUT2D eigenvalue weighted by molar-refractivity contribution is 0.197. The van der Waals surface area contributed by atoms with E-state index in [1.807, 2.05) is 0 Å². The highest BCUT2D eigenvalue weighted by atomic mass is 127. The topological polar surface area (TPSA) is 15.3 Å². The van der Waals surface area contributed by atoms with Gasteiger partial charge in [0.2, 0.25) is 0 Å². The number of nitrogens with zero attached hydrogens (tertiary/aromatic N) is 1. The molecule has 0 aromatic heterocycles. The summed E-state index contributed by atoms with van der Waals surface area (Å²) in [5.41, 5.74) is 0. The Morgan fingerprint density at radius 1 is 1.31 bits per heavy atom. The molecule has 1 aliphatic rings. The Bertz CT molecular complexity index is 124. The number of hydrogen-bond donors (Lipinski definition) is 1. The van der Waals surface area contributed by atoms with Crippen LogP contribution in [0.3, 0.4) is 0 Å². The summed E-state index contributed by atoms with van der Waals surface area (Å²) in [4.78, 5) is 2.55. The van der Waals surface area contributed by atoms with E-state index >= 15 is 0 Å². The molecular formula is C10H21IN2. The fraction of sp³-hybridized carbons (Fsp3) is 1.00. The Morgan fingerprint density at radius 3 is 2.62 bits per heavy atom. The van der Waals surface area contributed by atoms with Gasteiger partial charge >= 0.3 is 0 Å². The average molecular weight is 296 g/mol. The van der Waals surface area contributed by atoms with Gasteiger partial charge in [-0.1, -0.05) is 22.6 Å². The Kier molecular flexibility index (Phi) is 6.32. The van der Waals surface area contributed by atoms with Crippen LogP contribution in [0.25, 0.3) is 0 Å². The third-order valence-electron chi connectivity index (χ3n) is 2.83. The molecule has 1 rings (SSSR count). The lowest BCUT2D eigenvalue weighted by Crippen LogP contribution is -2.41. The maximum atomic E-state index is 3.41. The number of halogens is 1. The number of piperidine rings is 1. The van der Waals surface area contributed by atoms with E-state index in [-0.39, 0.29) is 0 Å².